The maximum Gasteiger partial charge on any atom is 0.226 e. The molecule has 4 aromatic rings. The van der Waals surface area contributed by atoms with Crippen molar-refractivity contribution in [1.82, 2.24) is 9.88 Å². The number of aryl methyl sites for hydroxylation is 1. The summed E-state index contributed by atoms with van der Waals surface area (Å²) >= 11 is 0. The van der Waals surface area contributed by atoms with Gasteiger partial charge in [-0.3, -0.25) is 4.90 Å². The average molecular weight is 348 g/mol. The van der Waals surface area contributed by atoms with Crippen LogP contribution < -0.4 is 0 Å². The third kappa shape index (κ3) is 3.78. The Morgan fingerprint density at radius 3 is 2.04 bits per heavy atom. The minimum atomic E-state index is 0.642. The Balaban J connectivity index is 1.56. The molecule has 0 radical (unpaired) electrons. The number of aromatic nitrogens is 1. The zero-order valence-corrected chi connectivity index (χ0v) is 14.6. The highest BCUT2D eigenvalue weighted by Gasteiger charge is 2.17. The summed E-state index contributed by atoms with van der Waals surface area (Å²) in [5.74, 6) is 3.28. The highest BCUT2D eigenvalue weighted by Crippen LogP contribution is 2.23. The van der Waals surface area contributed by atoms with E-state index in [0.717, 1.165) is 28.5 Å². The van der Waals surface area contributed by atoms with Gasteiger partial charge < -0.3 is 13.3 Å². The second-order valence-electron chi connectivity index (χ2n) is 6.19. The zero-order valence-electron chi connectivity index (χ0n) is 14.6. The van der Waals surface area contributed by atoms with E-state index in [0.29, 0.717) is 25.5 Å². The van der Waals surface area contributed by atoms with E-state index in [4.69, 9.17) is 18.2 Å². The first-order valence-corrected chi connectivity index (χ1v) is 8.57. The van der Waals surface area contributed by atoms with E-state index in [1.165, 1.54) is 0 Å². The molecule has 0 aliphatic heterocycles. The second kappa shape index (κ2) is 7.45. The summed E-state index contributed by atoms with van der Waals surface area (Å²) in [5.41, 5.74) is 1.90. The lowest BCUT2D eigenvalue weighted by Gasteiger charge is -2.19. The van der Waals surface area contributed by atoms with Crippen LogP contribution in [0.25, 0.3) is 11.5 Å². The average Bonchev–Trinajstić information content (AvgIpc) is 3.40. The summed E-state index contributed by atoms with van der Waals surface area (Å²) in [4.78, 5) is 6.93. The first-order chi connectivity index (χ1) is 12.8. The Morgan fingerprint density at radius 2 is 1.46 bits per heavy atom. The molecule has 5 heteroatoms. The maximum atomic E-state index is 5.89. The lowest BCUT2D eigenvalue weighted by atomic mass is 10.2. The van der Waals surface area contributed by atoms with Gasteiger partial charge in [0.05, 0.1) is 31.3 Å². The number of furan rings is 2. The molecule has 5 nitrogen and oxygen atoms in total. The zero-order chi connectivity index (χ0) is 17.8. The van der Waals surface area contributed by atoms with Crippen molar-refractivity contribution >= 4 is 0 Å². The van der Waals surface area contributed by atoms with Crippen molar-refractivity contribution in [3.63, 3.8) is 0 Å². The van der Waals surface area contributed by atoms with E-state index in [1.54, 1.807) is 12.5 Å². The van der Waals surface area contributed by atoms with Gasteiger partial charge in [-0.05, 0) is 43.3 Å². The summed E-state index contributed by atoms with van der Waals surface area (Å²) in [7, 11) is 0. The van der Waals surface area contributed by atoms with E-state index in [9.17, 15) is 0 Å². The van der Waals surface area contributed by atoms with Crippen molar-refractivity contribution < 1.29 is 13.3 Å². The number of rotatable bonds is 7. The maximum absolute atomic E-state index is 5.89. The van der Waals surface area contributed by atoms with Crippen molar-refractivity contribution in [3.05, 3.63) is 90.1 Å². The van der Waals surface area contributed by atoms with Gasteiger partial charge in [0.15, 0.2) is 0 Å². The molecule has 3 heterocycles. The van der Waals surface area contributed by atoms with Crippen LogP contribution in [0.2, 0.25) is 0 Å². The third-order valence-electron chi connectivity index (χ3n) is 4.21. The summed E-state index contributed by atoms with van der Waals surface area (Å²) in [6.07, 6.45) is 3.38. The molecule has 0 amide bonds. The fraction of sp³-hybridized carbons (Fsp3) is 0.190. The number of hydrogen-bond donors (Lipinski definition) is 0. The van der Waals surface area contributed by atoms with Crippen molar-refractivity contribution in [2.45, 2.75) is 26.6 Å². The normalized spacial score (nSPS) is 11.3. The van der Waals surface area contributed by atoms with Crippen LogP contribution in [0.4, 0.5) is 0 Å². The van der Waals surface area contributed by atoms with E-state index in [1.807, 2.05) is 61.5 Å². The number of hydrogen-bond acceptors (Lipinski definition) is 5. The highest BCUT2D eigenvalue weighted by atomic mass is 16.4. The van der Waals surface area contributed by atoms with Gasteiger partial charge in [-0.1, -0.05) is 18.2 Å². The van der Waals surface area contributed by atoms with Gasteiger partial charge in [0.2, 0.25) is 5.89 Å². The fourth-order valence-electron chi connectivity index (χ4n) is 2.90. The predicted molar refractivity (Wildman–Crippen MR) is 97.0 cm³/mol. The molecule has 132 valence electrons. The largest absolute Gasteiger partial charge is 0.468 e. The second-order valence-corrected chi connectivity index (χ2v) is 6.19. The van der Waals surface area contributed by atoms with Gasteiger partial charge in [-0.25, -0.2) is 4.98 Å². The first-order valence-electron chi connectivity index (χ1n) is 8.57. The Hall–Kier alpha value is -3.05. The standard InChI is InChI=1S/C21H20N2O3/c1-16-20(22-21(26-16)17-7-3-2-4-8-17)15-23(13-18-9-5-11-24-18)14-19-10-6-12-25-19/h2-12H,13-15H2,1H3. The monoisotopic (exact) mass is 348 g/mol. The van der Waals surface area contributed by atoms with Gasteiger partial charge in [0.25, 0.3) is 0 Å². The topological polar surface area (TPSA) is 55.6 Å². The van der Waals surface area contributed by atoms with E-state index in [-0.39, 0.29) is 0 Å². The molecule has 0 saturated heterocycles. The van der Waals surface area contributed by atoms with Crippen LogP contribution in [0.5, 0.6) is 0 Å². The van der Waals surface area contributed by atoms with Crippen LogP contribution >= 0.6 is 0 Å². The van der Waals surface area contributed by atoms with Crippen LogP contribution in [-0.2, 0) is 19.6 Å². The Labute approximate surface area is 151 Å². The van der Waals surface area contributed by atoms with Crippen LogP contribution in [0.15, 0.2) is 80.4 Å². The van der Waals surface area contributed by atoms with E-state index >= 15 is 0 Å². The molecular formula is C21H20N2O3. The Kier molecular flexibility index (Phi) is 4.71. The third-order valence-corrected chi connectivity index (χ3v) is 4.21. The van der Waals surface area contributed by atoms with Crippen molar-refractivity contribution in [1.29, 1.82) is 0 Å². The minimum Gasteiger partial charge on any atom is -0.468 e. The van der Waals surface area contributed by atoms with Gasteiger partial charge in [-0.2, -0.15) is 0 Å². The van der Waals surface area contributed by atoms with Crippen LogP contribution in [0.3, 0.4) is 0 Å². The highest BCUT2D eigenvalue weighted by molar-refractivity contribution is 5.53. The minimum absolute atomic E-state index is 0.642. The summed E-state index contributed by atoms with van der Waals surface area (Å²) in [5, 5.41) is 0. The van der Waals surface area contributed by atoms with E-state index in [2.05, 4.69) is 4.90 Å². The molecule has 0 aliphatic carbocycles. The molecule has 0 fully saturated rings. The molecule has 26 heavy (non-hydrogen) atoms. The lowest BCUT2D eigenvalue weighted by molar-refractivity contribution is 0.206. The van der Waals surface area contributed by atoms with Gasteiger partial charge in [0.1, 0.15) is 17.3 Å². The number of nitrogens with zero attached hydrogens (tertiary/aromatic N) is 2. The van der Waals surface area contributed by atoms with Gasteiger partial charge in [0, 0.05) is 12.1 Å². The van der Waals surface area contributed by atoms with Gasteiger partial charge in [-0.15, -0.1) is 0 Å². The molecule has 0 saturated carbocycles. The van der Waals surface area contributed by atoms with Gasteiger partial charge >= 0.3 is 0 Å². The fourth-order valence-corrected chi connectivity index (χ4v) is 2.90. The van der Waals surface area contributed by atoms with Crippen LogP contribution in [-0.4, -0.2) is 9.88 Å². The molecular weight excluding hydrogens is 328 g/mol. The molecule has 0 spiro atoms. The summed E-state index contributed by atoms with van der Waals surface area (Å²) in [6, 6.07) is 17.7. The molecule has 3 aromatic heterocycles. The Bertz CT molecular complexity index is 889. The smallest absolute Gasteiger partial charge is 0.226 e. The quantitative estimate of drug-likeness (QED) is 0.468. The molecule has 0 aliphatic rings. The van der Waals surface area contributed by atoms with Crippen LogP contribution in [0, 0.1) is 6.92 Å². The molecule has 0 N–H and O–H groups in total. The molecule has 4 rings (SSSR count). The predicted octanol–water partition coefficient (Wildman–Crippen LogP) is 5.04. The molecule has 0 bridgehead atoms. The van der Waals surface area contributed by atoms with Crippen LogP contribution in [0.1, 0.15) is 23.0 Å². The summed E-state index contributed by atoms with van der Waals surface area (Å²) < 4.78 is 16.9. The lowest BCUT2D eigenvalue weighted by Crippen LogP contribution is -2.22. The summed E-state index contributed by atoms with van der Waals surface area (Å²) in [6.45, 7) is 3.93. The number of benzene rings is 1. The van der Waals surface area contributed by atoms with Crippen molar-refractivity contribution in [2.75, 3.05) is 0 Å². The van der Waals surface area contributed by atoms with Crippen molar-refractivity contribution in [2.24, 2.45) is 0 Å². The Morgan fingerprint density at radius 1 is 0.808 bits per heavy atom. The van der Waals surface area contributed by atoms with E-state index < -0.39 is 0 Å². The van der Waals surface area contributed by atoms with Crippen molar-refractivity contribution in [3.8, 4) is 11.5 Å². The molecule has 0 unspecified atom stereocenters. The SMILES string of the molecule is Cc1oc(-c2ccccc2)nc1CN(Cc1ccco1)Cc1ccco1. The molecule has 1 aromatic carbocycles. The number of oxazole rings is 1. The molecule has 0 atom stereocenters. The first kappa shape index (κ1) is 16.4.